The quantitative estimate of drug-likeness (QED) is 0.896. The third-order valence-electron chi connectivity index (χ3n) is 5.38. The molecule has 0 bridgehead atoms. The lowest BCUT2D eigenvalue weighted by molar-refractivity contribution is -0.0708. The standard InChI is InChI=1S/C20H26N4O2/c1-23-10-11-26-18(19(23)15-6-4-3-5-7-15)13-24(2)20(25)17-12-16(21-22-17)14-8-9-14/h3-7,12,14,18-19H,8-11,13H2,1-2H3,(H,21,22)/t18-,19-/m0/s1. The third-order valence-corrected chi connectivity index (χ3v) is 5.38. The first-order valence-electron chi connectivity index (χ1n) is 9.31. The number of hydrogen-bond acceptors (Lipinski definition) is 4. The van der Waals surface area contributed by atoms with Gasteiger partial charge in [0.2, 0.25) is 0 Å². The van der Waals surface area contributed by atoms with Gasteiger partial charge in [0.05, 0.1) is 18.8 Å². The number of carbonyl (C=O) groups is 1. The van der Waals surface area contributed by atoms with Crippen molar-refractivity contribution in [2.45, 2.75) is 30.9 Å². The molecule has 0 unspecified atom stereocenters. The van der Waals surface area contributed by atoms with Crippen LogP contribution in [-0.2, 0) is 4.74 Å². The predicted octanol–water partition coefficient (Wildman–Crippen LogP) is 2.43. The smallest absolute Gasteiger partial charge is 0.274 e. The summed E-state index contributed by atoms with van der Waals surface area (Å²) >= 11 is 0. The van der Waals surface area contributed by atoms with E-state index in [-0.39, 0.29) is 18.1 Å². The van der Waals surface area contributed by atoms with E-state index >= 15 is 0 Å². The van der Waals surface area contributed by atoms with E-state index in [4.69, 9.17) is 4.74 Å². The summed E-state index contributed by atoms with van der Waals surface area (Å²) < 4.78 is 6.06. The molecule has 6 nitrogen and oxygen atoms in total. The Labute approximate surface area is 154 Å². The van der Waals surface area contributed by atoms with E-state index in [1.165, 1.54) is 18.4 Å². The van der Waals surface area contributed by atoms with Gasteiger partial charge < -0.3 is 9.64 Å². The topological polar surface area (TPSA) is 61.5 Å². The van der Waals surface area contributed by atoms with Crippen LogP contribution in [0.25, 0.3) is 0 Å². The Morgan fingerprint density at radius 1 is 1.35 bits per heavy atom. The highest BCUT2D eigenvalue weighted by atomic mass is 16.5. The minimum Gasteiger partial charge on any atom is -0.373 e. The van der Waals surface area contributed by atoms with Crippen molar-refractivity contribution in [3.63, 3.8) is 0 Å². The molecular weight excluding hydrogens is 328 g/mol. The van der Waals surface area contributed by atoms with Crippen molar-refractivity contribution in [3.8, 4) is 0 Å². The molecule has 1 saturated carbocycles. The summed E-state index contributed by atoms with van der Waals surface area (Å²) in [5.74, 6) is 0.504. The summed E-state index contributed by atoms with van der Waals surface area (Å²) in [6.07, 6.45) is 2.31. The second-order valence-electron chi connectivity index (χ2n) is 7.41. The zero-order valence-corrected chi connectivity index (χ0v) is 15.4. The molecule has 2 aromatic rings. The van der Waals surface area contributed by atoms with Gasteiger partial charge in [0.15, 0.2) is 0 Å². The lowest BCUT2D eigenvalue weighted by Crippen LogP contribution is -2.48. The summed E-state index contributed by atoms with van der Waals surface area (Å²) in [5.41, 5.74) is 2.80. The summed E-state index contributed by atoms with van der Waals surface area (Å²) in [6.45, 7) is 2.10. The van der Waals surface area contributed by atoms with Crippen LogP contribution in [0, 0.1) is 0 Å². The molecule has 6 heteroatoms. The Kier molecular flexibility index (Phi) is 4.78. The molecule has 0 spiro atoms. The van der Waals surface area contributed by atoms with Crippen LogP contribution in [0.3, 0.4) is 0 Å². The van der Waals surface area contributed by atoms with Crippen LogP contribution in [0.4, 0.5) is 0 Å². The van der Waals surface area contributed by atoms with Gasteiger partial charge in [0.1, 0.15) is 5.69 Å². The fourth-order valence-corrected chi connectivity index (χ4v) is 3.73. The first-order valence-corrected chi connectivity index (χ1v) is 9.31. The number of ether oxygens (including phenoxy) is 1. The van der Waals surface area contributed by atoms with Crippen molar-refractivity contribution in [2.24, 2.45) is 0 Å². The fraction of sp³-hybridized carbons (Fsp3) is 0.500. The number of amides is 1. The van der Waals surface area contributed by atoms with E-state index in [1.807, 2.05) is 31.3 Å². The monoisotopic (exact) mass is 354 g/mol. The maximum absolute atomic E-state index is 12.8. The van der Waals surface area contributed by atoms with Gasteiger partial charge >= 0.3 is 0 Å². The lowest BCUT2D eigenvalue weighted by Gasteiger charge is -2.40. The Balaban J connectivity index is 1.47. The number of nitrogens with one attached hydrogen (secondary N) is 1. The van der Waals surface area contributed by atoms with E-state index in [0.717, 1.165) is 12.2 Å². The highest BCUT2D eigenvalue weighted by Crippen LogP contribution is 2.39. The zero-order chi connectivity index (χ0) is 18.1. The lowest BCUT2D eigenvalue weighted by atomic mass is 9.98. The Morgan fingerprint density at radius 2 is 2.12 bits per heavy atom. The van der Waals surface area contributed by atoms with Crippen LogP contribution in [0.15, 0.2) is 36.4 Å². The van der Waals surface area contributed by atoms with Gasteiger partial charge in [0, 0.05) is 31.7 Å². The average molecular weight is 354 g/mol. The number of rotatable bonds is 5. The molecular formula is C20H26N4O2. The molecule has 2 fully saturated rings. The third kappa shape index (κ3) is 3.52. The Morgan fingerprint density at radius 3 is 2.85 bits per heavy atom. The highest BCUT2D eigenvalue weighted by molar-refractivity contribution is 5.92. The van der Waals surface area contributed by atoms with Crippen LogP contribution in [-0.4, -0.2) is 65.8 Å². The summed E-state index contributed by atoms with van der Waals surface area (Å²) in [4.78, 5) is 16.8. The summed E-state index contributed by atoms with van der Waals surface area (Å²) in [6, 6.07) is 12.4. The van der Waals surface area contributed by atoms with Gasteiger partial charge in [-0.3, -0.25) is 14.8 Å². The molecule has 1 amide bonds. The number of benzene rings is 1. The van der Waals surface area contributed by atoms with Gasteiger partial charge in [-0.05, 0) is 31.5 Å². The molecule has 1 aliphatic carbocycles. The average Bonchev–Trinajstić information content (AvgIpc) is 3.39. The van der Waals surface area contributed by atoms with Crippen LogP contribution in [0.2, 0.25) is 0 Å². The van der Waals surface area contributed by atoms with Gasteiger partial charge in [-0.15, -0.1) is 0 Å². The summed E-state index contributed by atoms with van der Waals surface area (Å²) in [7, 11) is 3.94. The molecule has 2 atom stereocenters. The highest BCUT2D eigenvalue weighted by Gasteiger charge is 2.34. The van der Waals surface area contributed by atoms with Crippen LogP contribution in [0.5, 0.6) is 0 Å². The molecule has 1 aliphatic heterocycles. The Hall–Kier alpha value is -2.18. The van der Waals surface area contributed by atoms with Crippen molar-refractivity contribution < 1.29 is 9.53 Å². The van der Waals surface area contributed by atoms with E-state index in [9.17, 15) is 4.79 Å². The largest absolute Gasteiger partial charge is 0.373 e. The molecule has 138 valence electrons. The van der Waals surface area contributed by atoms with Crippen molar-refractivity contribution in [1.82, 2.24) is 20.0 Å². The number of likely N-dealkylation sites (N-methyl/N-ethyl adjacent to an activating group) is 2. The van der Waals surface area contributed by atoms with Gasteiger partial charge in [0.25, 0.3) is 5.91 Å². The number of aromatic nitrogens is 2. The van der Waals surface area contributed by atoms with Crippen LogP contribution < -0.4 is 0 Å². The molecule has 0 radical (unpaired) electrons. The van der Waals surface area contributed by atoms with E-state index in [2.05, 4.69) is 34.3 Å². The van der Waals surface area contributed by atoms with Crippen LogP contribution >= 0.6 is 0 Å². The molecule has 2 aliphatic rings. The van der Waals surface area contributed by atoms with Gasteiger partial charge in [-0.2, -0.15) is 5.10 Å². The molecule has 2 heterocycles. The molecule has 4 rings (SSSR count). The maximum Gasteiger partial charge on any atom is 0.274 e. The molecule has 26 heavy (non-hydrogen) atoms. The van der Waals surface area contributed by atoms with Gasteiger partial charge in [-0.25, -0.2) is 0 Å². The van der Waals surface area contributed by atoms with E-state index < -0.39 is 0 Å². The summed E-state index contributed by atoms with van der Waals surface area (Å²) in [5, 5.41) is 7.23. The van der Waals surface area contributed by atoms with Crippen LogP contribution in [0.1, 0.15) is 46.5 Å². The second-order valence-corrected chi connectivity index (χ2v) is 7.41. The minimum absolute atomic E-state index is 0.0585. The SMILES string of the molecule is CN(C[C@@H]1OCCN(C)[C@H]1c1ccccc1)C(=O)c1cc(C2CC2)[nH]n1. The zero-order valence-electron chi connectivity index (χ0n) is 15.4. The number of hydrogen-bond donors (Lipinski definition) is 1. The second kappa shape index (κ2) is 7.21. The predicted molar refractivity (Wildman–Crippen MR) is 99.1 cm³/mol. The minimum atomic E-state index is -0.0630. The molecule has 1 aromatic heterocycles. The first-order chi connectivity index (χ1) is 12.6. The Bertz CT molecular complexity index is 756. The first kappa shape index (κ1) is 17.2. The normalized spacial score (nSPS) is 23.8. The van der Waals surface area contributed by atoms with E-state index in [1.54, 1.807) is 4.90 Å². The number of morpholine rings is 1. The molecule has 1 saturated heterocycles. The maximum atomic E-state index is 12.8. The number of H-pyrrole nitrogens is 1. The molecule has 1 N–H and O–H groups in total. The van der Waals surface area contributed by atoms with E-state index in [0.29, 0.717) is 24.8 Å². The van der Waals surface area contributed by atoms with Crippen molar-refractivity contribution in [3.05, 3.63) is 53.3 Å². The van der Waals surface area contributed by atoms with Gasteiger partial charge in [-0.1, -0.05) is 30.3 Å². The van der Waals surface area contributed by atoms with Crippen molar-refractivity contribution in [1.29, 1.82) is 0 Å². The van der Waals surface area contributed by atoms with Crippen molar-refractivity contribution >= 4 is 5.91 Å². The fourth-order valence-electron chi connectivity index (χ4n) is 3.73. The number of aromatic amines is 1. The van der Waals surface area contributed by atoms with Crippen molar-refractivity contribution in [2.75, 3.05) is 33.8 Å². The number of carbonyl (C=O) groups excluding carboxylic acids is 1. The number of nitrogens with zero attached hydrogens (tertiary/aromatic N) is 3. The molecule has 1 aromatic carbocycles.